The molecule has 0 saturated carbocycles. The Balaban J connectivity index is 3.30. The average molecular weight is 230 g/mol. The van der Waals surface area contributed by atoms with Crippen molar-refractivity contribution < 1.29 is 13.2 Å². The summed E-state index contributed by atoms with van der Waals surface area (Å²) in [5.41, 5.74) is -2.24. The van der Waals surface area contributed by atoms with Gasteiger partial charge in [0.05, 0.1) is 24.1 Å². The molecule has 0 radical (unpaired) electrons. The van der Waals surface area contributed by atoms with E-state index >= 15 is 0 Å². The highest BCUT2D eigenvalue weighted by Gasteiger charge is 2.36. The number of hydrogen-bond donors (Lipinski definition) is 0. The van der Waals surface area contributed by atoms with Gasteiger partial charge < -0.3 is 0 Å². The van der Waals surface area contributed by atoms with Crippen LogP contribution in [0.25, 0.3) is 0 Å². The molecule has 15 heavy (non-hydrogen) atoms. The van der Waals surface area contributed by atoms with Gasteiger partial charge in [0, 0.05) is 11.2 Å². The van der Waals surface area contributed by atoms with Crippen LogP contribution in [-0.4, -0.2) is 11.8 Å². The van der Waals surface area contributed by atoms with Crippen molar-refractivity contribution in [3.05, 3.63) is 22.8 Å². The van der Waals surface area contributed by atoms with Crippen molar-refractivity contribution in [1.29, 1.82) is 10.5 Å². The lowest BCUT2D eigenvalue weighted by Crippen LogP contribution is -2.25. The summed E-state index contributed by atoms with van der Waals surface area (Å²) in [6.07, 6.45) is -2.37. The minimum absolute atomic E-state index is 0.524. The first-order valence-corrected chi connectivity index (χ1v) is 4.66. The summed E-state index contributed by atoms with van der Waals surface area (Å²) < 4.78 is 39.8. The second-order valence-electron chi connectivity index (χ2n) is 2.94. The molecule has 3 unspecified atom stereocenters. The van der Waals surface area contributed by atoms with Crippen LogP contribution >= 0.6 is 9.24 Å². The van der Waals surface area contributed by atoms with Crippen molar-refractivity contribution in [3.8, 4) is 12.1 Å². The van der Waals surface area contributed by atoms with Crippen LogP contribution in [0.3, 0.4) is 0 Å². The average Bonchev–Trinajstić information content (AvgIpc) is 2.23. The summed E-state index contributed by atoms with van der Waals surface area (Å²) in [5, 5.41) is 16.8. The minimum atomic E-state index is -1.84. The van der Waals surface area contributed by atoms with Gasteiger partial charge in [-0.3, -0.25) is 0 Å². The molecule has 0 aliphatic heterocycles. The number of alkyl halides is 1. The van der Waals surface area contributed by atoms with Gasteiger partial charge in [0.1, 0.15) is 6.17 Å². The fourth-order valence-electron chi connectivity index (χ4n) is 1.27. The lowest BCUT2D eigenvalue weighted by atomic mass is 9.93. The van der Waals surface area contributed by atoms with Crippen molar-refractivity contribution in [3.63, 3.8) is 0 Å². The van der Waals surface area contributed by atoms with Gasteiger partial charge in [-0.15, -0.1) is 9.24 Å². The van der Waals surface area contributed by atoms with Crippen molar-refractivity contribution in [2.24, 2.45) is 0 Å². The van der Waals surface area contributed by atoms with Gasteiger partial charge in [0.15, 0.2) is 11.7 Å². The van der Waals surface area contributed by atoms with Crippen LogP contribution in [0.1, 0.15) is 6.42 Å². The first-order chi connectivity index (χ1) is 7.04. The van der Waals surface area contributed by atoms with E-state index in [1.54, 1.807) is 6.07 Å². The molecule has 78 valence electrons. The molecule has 0 aromatic carbocycles. The summed E-state index contributed by atoms with van der Waals surface area (Å²) in [7, 11) is 1.94. The SMILES string of the molecule is N#CCC1=C(F)C(F)=C(C#N)C(P)C1F. The Kier molecular flexibility index (Phi) is 3.50. The summed E-state index contributed by atoms with van der Waals surface area (Å²) in [4.78, 5) is 0. The number of allylic oxidation sites excluding steroid dienone is 4. The maximum Gasteiger partial charge on any atom is 0.173 e. The first kappa shape index (κ1) is 11.8. The Morgan fingerprint density at radius 1 is 1.27 bits per heavy atom. The zero-order valence-electron chi connectivity index (χ0n) is 7.47. The zero-order chi connectivity index (χ0) is 11.6. The Morgan fingerprint density at radius 2 is 1.87 bits per heavy atom. The second kappa shape index (κ2) is 4.47. The molecular formula is C9H6F3N2P. The molecule has 0 spiro atoms. The monoisotopic (exact) mass is 230 g/mol. The quantitative estimate of drug-likeness (QED) is 0.649. The van der Waals surface area contributed by atoms with Gasteiger partial charge in [-0.25, -0.2) is 13.2 Å². The molecule has 0 fully saturated rings. The van der Waals surface area contributed by atoms with E-state index in [0.29, 0.717) is 0 Å². The molecule has 0 saturated heterocycles. The Bertz CT molecular complexity index is 428. The molecule has 6 heteroatoms. The second-order valence-corrected chi connectivity index (χ2v) is 3.66. The molecule has 0 aromatic heterocycles. The molecule has 1 rings (SSSR count). The third-order valence-corrected chi connectivity index (χ3v) is 2.75. The highest BCUT2D eigenvalue weighted by atomic mass is 31.0. The van der Waals surface area contributed by atoms with E-state index in [-0.39, 0.29) is 0 Å². The van der Waals surface area contributed by atoms with Gasteiger partial charge in [0.25, 0.3) is 0 Å². The smallest absolute Gasteiger partial charge is 0.173 e. The molecule has 3 atom stereocenters. The normalized spacial score (nSPS) is 26.3. The number of nitrogens with zero attached hydrogens (tertiary/aromatic N) is 2. The lowest BCUT2D eigenvalue weighted by Gasteiger charge is -2.22. The molecule has 0 N–H and O–H groups in total. The van der Waals surface area contributed by atoms with E-state index in [2.05, 4.69) is 0 Å². The third-order valence-electron chi connectivity index (χ3n) is 2.08. The number of nitriles is 2. The maximum absolute atomic E-state index is 13.5. The Hall–Kier alpha value is -1.32. The first-order valence-electron chi connectivity index (χ1n) is 3.99. The van der Waals surface area contributed by atoms with Crippen LogP contribution in [0, 0.1) is 22.7 Å². The molecule has 2 nitrogen and oxygen atoms in total. The molecule has 0 heterocycles. The van der Waals surface area contributed by atoms with Gasteiger partial charge in [-0.1, -0.05) is 0 Å². The van der Waals surface area contributed by atoms with Gasteiger partial charge in [-0.05, 0) is 0 Å². The van der Waals surface area contributed by atoms with Gasteiger partial charge >= 0.3 is 0 Å². The highest BCUT2D eigenvalue weighted by molar-refractivity contribution is 7.18. The summed E-state index contributed by atoms with van der Waals surface area (Å²) in [6, 6.07) is 2.97. The third kappa shape index (κ3) is 1.89. The number of rotatable bonds is 1. The van der Waals surface area contributed by atoms with E-state index in [9.17, 15) is 13.2 Å². The summed E-state index contributed by atoms with van der Waals surface area (Å²) in [6.45, 7) is 0. The van der Waals surface area contributed by atoms with Crippen LogP contribution in [0.5, 0.6) is 0 Å². The molecule has 1 aliphatic carbocycles. The predicted molar refractivity (Wildman–Crippen MR) is 50.5 cm³/mol. The van der Waals surface area contributed by atoms with Gasteiger partial charge in [0.2, 0.25) is 0 Å². The fraction of sp³-hybridized carbons (Fsp3) is 0.333. The molecule has 1 aliphatic rings. The zero-order valence-corrected chi connectivity index (χ0v) is 8.62. The van der Waals surface area contributed by atoms with Crippen molar-refractivity contribution in [2.75, 3.05) is 0 Å². The van der Waals surface area contributed by atoms with Gasteiger partial charge in [-0.2, -0.15) is 10.5 Å². The van der Waals surface area contributed by atoms with E-state index in [1.165, 1.54) is 6.07 Å². The standard InChI is InChI=1S/C9H6F3N2P/c10-6-4(1-2-13)8(12)9(15)5(3-14)7(6)11/h8-9H,1,15H2. The maximum atomic E-state index is 13.5. The molecular weight excluding hydrogens is 224 g/mol. The summed E-state index contributed by atoms with van der Waals surface area (Å²) in [5.74, 6) is -2.78. The van der Waals surface area contributed by atoms with Crippen LogP contribution in [0.4, 0.5) is 13.2 Å². The topological polar surface area (TPSA) is 47.6 Å². The highest BCUT2D eigenvalue weighted by Crippen LogP contribution is 2.38. The largest absolute Gasteiger partial charge is 0.241 e. The number of halogens is 3. The Labute approximate surface area is 86.9 Å². The Morgan fingerprint density at radius 3 is 2.33 bits per heavy atom. The predicted octanol–water partition coefficient (Wildman–Crippen LogP) is 2.47. The minimum Gasteiger partial charge on any atom is -0.241 e. The van der Waals surface area contributed by atoms with Crippen LogP contribution < -0.4 is 0 Å². The van der Waals surface area contributed by atoms with Crippen LogP contribution in [-0.2, 0) is 0 Å². The van der Waals surface area contributed by atoms with Crippen LogP contribution in [0.15, 0.2) is 22.8 Å². The van der Waals surface area contributed by atoms with Crippen molar-refractivity contribution >= 4 is 9.24 Å². The molecule has 0 amide bonds. The molecule has 0 aromatic rings. The van der Waals surface area contributed by atoms with E-state index < -0.39 is 41.1 Å². The van der Waals surface area contributed by atoms with Crippen LogP contribution in [0.2, 0.25) is 0 Å². The van der Waals surface area contributed by atoms with Crippen molar-refractivity contribution in [1.82, 2.24) is 0 Å². The molecule has 0 bridgehead atoms. The van der Waals surface area contributed by atoms with E-state index in [0.717, 1.165) is 0 Å². The summed E-state index contributed by atoms with van der Waals surface area (Å²) >= 11 is 0. The van der Waals surface area contributed by atoms with E-state index in [1.807, 2.05) is 9.24 Å². The fourth-order valence-corrected chi connectivity index (χ4v) is 1.73. The lowest BCUT2D eigenvalue weighted by molar-refractivity contribution is 0.356. The van der Waals surface area contributed by atoms with Crippen molar-refractivity contribution in [2.45, 2.75) is 18.3 Å². The van der Waals surface area contributed by atoms with E-state index in [4.69, 9.17) is 10.5 Å². The number of hydrogen-bond acceptors (Lipinski definition) is 2.